The van der Waals surface area contributed by atoms with Gasteiger partial charge in [-0.25, -0.2) is 0 Å². The molecule has 1 heterocycles. The molecule has 0 fully saturated rings. The fourth-order valence-corrected chi connectivity index (χ4v) is 6.12. The van der Waals surface area contributed by atoms with Crippen molar-refractivity contribution in [1.82, 2.24) is 4.90 Å². The third-order valence-corrected chi connectivity index (χ3v) is 8.03. The number of halogens is 9. The summed E-state index contributed by atoms with van der Waals surface area (Å²) in [5, 5.41) is 20.3. The van der Waals surface area contributed by atoms with E-state index in [1.165, 1.54) is 31.9 Å². The number of nitrogens with zero attached hydrogens (tertiary/aromatic N) is 6. The van der Waals surface area contributed by atoms with Crippen molar-refractivity contribution >= 4 is 11.6 Å². The maximum atomic E-state index is 14.4. The Morgan fingerprint density at radius 2 is 1.52 bits per heavy atom. The number of hydrogen-bond donors (Lipinski definition) is 1. The molecule has 4 rings (SSSR count). The fourth-order valence-electron chi connectivity index (χ4n) is 6.12. The second-order valence-corrected chi connectivity index (χ2v) is 11.3. The van der Waals surface area contributed by atoms with E-state index in [0.29, 0.717) is 35.2 Å². The second-order valence-electron chi connectivity index (χ2n) is 11.3. The number of fused-ring (bicyclic) bond motifs is 1. The summed E-state index contributed by atoms with van der Waals surface area (Å²) in [5.41, 5.74) is -3.01. The Bertz CT molecular complexity index is 1700. The Hall–Kier alpha value is -4.81. The van der Waals surface area contributed by atoms with Crippen molar-refractivity contribution in [3.05, 3.63) is 98.6 Å². The van der Waals surface area contributed by atoms with Gasteiger partial charge in [0.25, 0.3) is 5.96 Å². The van der Waals surface area contributed by atoms with Crippen LogP contribution in [-0.4, -0.2) is 24.5 Å². The SMILES string of the molecule is CN=NC(=NN)N(Cc1cc(C(F)(F)F)cc(C(F)(F)F)c1)[C@H]1CCCN(Cc2ccc(C#N)cc2)c2c1cc(C)c(C(F)(F)F)c2C. The molecule has 1 aliphatic rings. The van der Waals surface area contributed by atoms with Gasteiger partial charge in [-0.1, -0.05) is 18.2 Å². The lowest BCUT2D eigenvalue weighted by atomic mass is 9.90. The van der Waals surface area contributed by atoms with Gasteiger partial charge in [0.15, 0.2) is 0 Å². The molecular formula is C32H30F9N7. The number of nitriles is 1. The Kier molecular flexibility index (Phi) is 10.3. The minimum absolute atomic E-state index is 0.00485. The molecule has 1 aliphatic heterocycles. The number of alkyl halides is 9. The maximum absolute atomic E-state index is 14.4. The van der Waals surface area contributed by atoms with Crippen molar-refractivity contribution in [2.24, 2.45) is 21.2 Å². The van der Waals surface area contributed by atoms with E-state index in [2.05, 4.69) is 15.3 Å². The zero-order valence-corrected chi connectivity index (χ0v) is 25.9. The standard InChI is InChI=1S/C32H30F9N7/c1-18-11-25-26(48(29(45-43)46-44-3)17-22-12-23(30(33,34)35)14-24(13-22)31(36,37)38)5-4-10-47(16-21-8-6-20(15-42)7-9-21)28(25)19(2)27(18)32(39,40)41/h6-9,11-14,26H,4-5,10,16-17,43H2,1-3H3/t26-/m0/s1. The summed E-state index contributed by atoms with van der Waals surface area (Å²) >= 11 is 0. The molecule has 0 radical (unpaired) electrons. The summed E-state index contributed by atoms with van der Waals surface area (Å²) < 4.78 is 126. The molecule has 0 aliphatic carbocycles. The molecule has 0 saturated heterocycles. The van der Waals surface area contributed by atoms with Gasteiger partial charge in [0.05, 0.1) is 34.4 Å². The van der Waals surface area contributed by atoms with Crippen molar-refractivity contribution in [3.63, 3.8) is 0 Å². The van der Waals surface area contributed by atoms with Crippen LogP contribution in [0.25, 0.3) is 0 Å². The maximum Gasteiger partial charge on any atom is 0.416 e. The highest BCUT2D eigenvalue weighted by molar-refractivity contribution is 5.81. The number of benzene rings is 3. The van der Waals surface area contributed by atoms with E-state index in [1.54, 1.807) is 29.2 Å². The van der Waals surface area contributed by atoms with Crippen LogP contribution in [0.2, 0.25) is 0 Å². The monoisotopic (exact) mass is 683 g/mol. The Labute approximate surface area is 270 Å². The first-order valence-electron chi connectivity index (χ1n) is 14.5. The number of guanidine groups is 1. The lowest BCUT2D eigenvalue weighted by Crippen LogP contribution is -2.35. The molecule has 16 heteroatoms. The second kappa shape index (κ2) is 13.7. The molecule has 0 aromatic heterocycles. The van der Waals surface area contributed by atoms with E-state index < -0.39 is 53.4 Å². The van der Waals surface area contributed by atoms with Crippen LogP contribution >= 0.6 is 0 Å². The lowest BCUT2D eigenvalue weighted by Gasteiger charge is -2.35. The van der Waals surface area contributed by atoms with Crippen LogP contribution in [0.5, 0.6) is 0 Å². The van der Waals surface area contributed by atoms with Crippen LogP contribution in [0, 0.1) is 25.2 Å². The molecule has 3 aromatic carbocycles. The average molecular weight is 684 g/mol. The highest BCUT2D eigenvalue weighted by Gasteiger charge is 2.41. The number of rotatable bonds is 5. The number of anilines is 1. The molecule has 3 aromatic rings. The minimum atomic E-state index is -5.11. The van der Waals surface area contributed by atoms with Crippen LogP contribution in [0.15, 0.2) is 63.9 Å². The normalized spacial score (nSPS) is 16.1. The predicted molar refractivity (Wildman–Crippen MR) is 159 cm³/mol. The van der Waals surface area contributed by atoms with Gasteiger partial charge >= 0.3 is 18.5 Å². The van der Waals surface area contributed by atoms with Crippen molar-refractivity contribution in [2.45, 2.75) is 64.3 Å². The first kappa shape index (κ1) is 36.0. The molecule has 0 amide bonds. The Morgan fingerprint density at radius 1 is 0.917 bits per heavy atom. The number of hydrogen-bond acceptors (Lipinski definition) is 5. The summed E-state index contributed by atoms with van der Waals surface area (Å²) in [7, 11) is 1.25. The van der Waals surface area contributed by atoms with Crippen LogP contribution < -0.4 is 10.7 Å². The van der Waals surface area contributed by atoms with E-state index >= 15 is 0 Å². The number of aryl methyl sites for hydroxylation is 1. The third kappa shape index (κ3) is 7.83. The van der Waals surface area contributed by atoms with E-state index in [0.717, 1.165) is 0 Å². The van der Waals surface area contributed by atoms with Crippen LogP contribution in [0.3, 0.4) is 0 Å². The molecule has 256 valence electrons. The molecular weight excluding hydrogens is 653 g/mol. The zero-order valence-electron chi connectivity index (χ0n) is 25.9. The van der Waals surface area contributed by atoms with Gasteiger partial charge < -0.3 is 15.6 Å². The Balaban J connectivity index is 1.95. The third-order valence-electron chi connectivity index (χ3n) is 8.03. The minimum Gasteiger partial charge on any atom is -0.367 e. The molecule has 1 atom stereocenters. The molecule has 0 unspecified atom stereocenters. The van der Waals surface area contributed by atoms with Crippen molar-refractivity contribution in [2.75, 3.05) is 18.5 Å². The van der Waals surface area contributed by atoms with E-state index in [4.69, 9.17) is 5.84 Å². The highest BCUT2D eigenvalue weighted by Crippen LogP contribution is 2.46. The summed E-state index contributed by atoms with van der Waals surface area (Å²) in [5.74, 6) is 5.27. The number of nitrogens with two attached hydrogens (primary N) is 1. The highest BCUT2D eigenvalue weighted by atomic mass is 19.4. The average Bonchev–Trinajstić information content (AvgIpc) is 3.16. The summed E-state index contributed by atoms with van der Waals surface area (Å²) in [6, 6.07) is 10.0. The van der Waals surface area contributed by atoms with Gasteiger partial charge in [-0.05, 0) is 84.8 Å². The van der Waals surface area contributed by atoms with Crippen LogP contribution in [-0.2, 0) is 31.6 Å². The van der Waals surface area contributed by atoms with Crippen molar-refractivity contribution in [3.8, 4) is 6.07 Å². The zero-order chi connectivity index (χ0) is 35.6. The van der Waals surface area contributed by atoms with Gasteiger partial charge in [0, 0.05) is 32.4 Å². The number of azo groups is 1. The predicted octanol–water partition coefficient (Wildman–Crippen LogP) is 8.89. The largest absolute Gasteiger partial charge is 0.416 e. The van der Waals surface area contributed by atoms with E-state index in [-0.39, 0.29) is 48.4 Å². The summed E-state index contributed by atoms with van der Waals surface area (Å²) in [4.78, 5) is 3.00. The van der Waals surface area contributed by atoms with Gasteiger partial charge in [0.2, 0.25) is 0 Å². The first-order valence-corrected chi connectivity index (χ1v) is 14.5. The van der Waals surface area contributed by atoms with Gasteiger partial charge in [-0.15, -0.1) is 10.2 Å². The van der Waals surface area contributed by atoms with E-state index in [9.17, 15) is 44.8 Å². The van der Waals surface area contributed by atoms with Crippen molar-refractivity contribution < 1.29 is 39.5 Å². The van der Waals surface area contributed by atoms with Gasteiger partial charge in [0.1, 0.15) is 0 Å². The molecule has 48 heavy (non-hydrogen) atoms. The topological polar surface area (TPSA) is 93.4 Å². The molecule has 7 nitrogen and oxygen atoms in total. The van der Waals surface area contributed by atoms with Gasteiger partial charge in [-0.2, -0.15) is 49.9 Å². The number of hydrazone groups is 1. The quantitative estimate of drug-likeness (QED) is 0.0726. The fraction of sp³-hybridized carbons (Fsp3) is 0.375. The molecule has 0 bridgehead atoms. The summed E-state index contributed by atoms with van der Waals surface area (Å²) in [6.07, 6.45) is -14.4. The lowest BCUT2D eigenvalue weighted by molar-refractivity contribution is -0.143. The van der Waals surface area contributed by atoms with E-state index in [1.807, 2.05) is 6.07 Å². The Morgan fingerprint density at radius 3 is 2.02 bits per heavy atom. The van der Waals surface area contributed by atoms with Crippen LogP contribution in [0.1, 0.15) is 69.0 Å². The van der Waals surface area contributed by atoms with Crippen molar-refractivity contribution in [1.29, 1.82) is 5.26 Å². The molecule has 2 N–H and O–H groups in total. The van der Waals surface area contributed by atoms with Crippen LogP contribution in [0.4, 0.5) is 45.2 Å². The summed E-state index contributed by atoms with van der Waals surface area (Å²) in [6.45, 7) is 2.35. The molecule has 0 saturated carbocycles. The first-order chi connectivity index (χ1) is 22.4. The smallest absolute Gasteiger partial charge is 0.367 e. The molecule has 0 spiro atoms. The van der Waals surface area contributed by atoms with Gasteiger partial charge in [-0.3, -0.25) is 0 Å².